The summed E-state index contributed by atoms with van der Waals surface area (Å²) >= 11 is 0. The van der Waals surface area contributed by atoms with Crippen molar-refractivity contribution in [3.05, 3.63) is 84.3 Å². The summed E-state index contributed by atoms with van der Waals surface area (Å²) in [5, 5.41) is 0. The number of nitrogens with zero attached hydrogens (tertiary/aromatic N) is 2. The van der Waals surface area contributed by atoms with Crippen LogP contribution in [0.15, 0.2) is 82.1 Å². The molecule has 4 aromatic rings. The fraction of sp³-hybridized carbons (Fsp3) is 0.208. The summed E-state index contributed by atoms with van der Waals surface area (Å²) in [6, 6.07) is 22.4. The van der Waals surface area contributed by atoms with Crippen LogP contribution in [0.5, 0.6) is 0 Å². The van der Waals surface area contributed by atoms with Gasteiger partial charge in [0.2, 0.25) is 15.9 Å². The van der Waals surface area contributed by atoms with Gasteiger partial charge in [-0.2, -0.15) is 4.31 Å². The molecular weight excluding hydrogens is 396 g/mol. The van der Waals surface area contributed by atoms with Crippen LogP contribution in [0.25, 0.3) is 22.2 Å². The van der Waals surface area contributed by atoms with Gasteiger partial charge in [0.15, 0.2) is 5.58 Å². The topological polar surface area (TPSA) is 63.4 Å². The Morgan fingerprint density at radius 1 is 0.967 bits per heavy atom. The van der Waals surface area contributed by atoms with Crippen LogP contribution in [0.3, 0.4) is 0 Å². The summed E-state index contributed by atoms with van der Waals surface area (Å²) in [6.45, 7) is 2.53. The molecule has 0 amide bonds. The van der Waals surface area contributed by atoms with Gasteiger partial charge >= 0.3 is 0 Å². The van der Waals surface area contributed by atoms with E-state index in [1.165, 1.54) is 9.87 Å². The van der Waals surface area contributed by atoms with E-state index < -0.39 is 10.0 Å². The first-order chi connectivity index (χ1) is 14.5. The molecule has 6 heteroatoms. The molecule has 5 rings (SSSR count). The molecule has 1 atom stereocenters. The number of aryl methyl sites for hydroxylation is 1. The smallest absolute Gasteiger partial charge is 0.243 e. The van der Waals surface area contributed by atoms with Crippen LogP contribution >= 0.6 is 0 Å². The van der Waals surface area contributed by atoms with E-state index in [0.29, 0.717) is 29.3 Å². The second-order valence-corrected chi connectivity index (χ2v) is 9.58. The number of oxazole rings is 1. The van der Waals surface area contributed by atoms with Gasteiger partial charge in [0.25, 0.3) is 0 Å². The van der Waals surface area contributed by atoms with Crippen LogP contribution in [-0.2, 0) is 10.0 Å². The summed E-state index contributed by atoms with van der Waals surface area (Å²) in [5.41, 5.74) is 4.79. The molecule has 0 spiro atoms. The number of hydrogen-bond donors (Lipinski definition) is 0. The first-order valence-electron chi connectivity index (χ1n) is 10.1. The fourth-order valence-corrected chi connectivity index (χ4v) is 5.77. The Morgan fingerprint density at radius 2 is 1.77 bits per heavy atom. The van der Waals surface area contributed by atoms with Crippen molar-refractivity contribution in [1.29, 1.82) is 0 Å². The lowest BCUT2D eigenvalue weighted by Gasteiger charge is -2.21. The van der Waals surface area contributed by atoms with Crippen LogP contribution in [0.1, 0.15) is 30.3 Å². The lowest BCUT2D eigenvalue weighted by Crippen LogP contribution is -2.30. The van der Waals surface area contributed by atoms with Gasteiger partial charge in [-0.1, -0.05) is 54.1 Å². The van der Waals surface area contributed by atoms with E-state index in [4.69, 9.17) is 4.42 Å². The Hall–Kier alpha value is -2.96. The minimum absolute atomic E-state index is 0.301. The Kier molecular flexibility index (Phi) is 4.68. The van der Waals surface area contributed by atoms with Gasteiger partial charge in [0.1, 0.15) is 11.6 Å². The van der Waals surface area contributed by atoms with Crippen molar-refractivity contribution < 1.29 is 12.8 Å². The SMILES string of the molecule is Cc1cccc(-c2ccc3oc(C4CCCN4S(=O)(=O)c4ccccc4)nc3c2)c1. The summed E-state index contributed by atoms with van der Waals surface area (Å²) in [4.78, 5) is 4.99. The highest BCUT2D eigenvalue weighted by Crippen LogP contribution is 2.37. The zero-order chi connectivity index (χ0) is 20.7. The summed E-state index contributed by atoms with van der Waals surface area (Å²) < 4.78 is 33.9. The van der Waals surface area contributed by atoms with Crippen molar-refractivity contribution in [3.63, 3.8) is 0 Å². The first-order valence-corrected chi connectivity index (χ1v) is 11.5. The van der Waals surface area contributed by atoms with Crippen molar-refractivity contribution in [2.75, 3.05) is 6.54 Å². The molecule has 3 aromatic carbocycles. The van der Waals surface area contributed by atoms with Gasteiger partial charge in [0, 0.05) is 6.54 Å². The second-order valence-electron chi connectivity index (χ2n) is 7.69. The van der Waals surface area contributed by atoms with Gasteiger partial charge in [0.05, 0.1) is 4.90 Å². The first kappa shape index (κ1) is 19.0. The van der Waals surface area contributed by atoms with E-state index in [9.17, 15) is 8.42 Å². The van der Waals surface area contributed by atoms with Crippen LogP contribution < -0.4 is 0 Å². The van der Waals surface area contributed by atoms with Crippen LogP contribution in [0.4, 0.5) is 0 Å². The summed E-state index contributed by atoms with van der Waals surface area (Å²) in [6.07, 6.45) is 1.48. The molecule has 0 N–H and O–H groups in total. The van der Waals surface area contributed by atoms with Crippen LogP contribution in [0, 0.1) is 6.92 Å². The van der Waals surface area contributed by atoms with E-state index in [1.807, 2.05) is 30.3 Å². The van der Waals surface area contributed by atoms with Gasteiger partial charge < -0.3 is 4.42 Å². The lowest BCUT2D eigenvalue weighted by atomic mass is 10.0. The van der Waals surface area contributed by atoms with Crippen LogP contribution in [0.2, 0.25) is 0 Å². The molecule has 0 aliphatic carbocycles. The third-order valence-electron chi connectivity index (χ3n) is 5.59. The number of benzene rings is 3. The van der Waals surface area contributed by atoms with Crippen molar-refractivity contribution in [3.8, 4) is 11.1 Å². The van der Waals surface area contributed by atoms with E-state index in [-0.39, 0.29) is 6.04 Å². The molecule has 5 nitrogen and oxygen atoms in total. The Balaban J connectivity index is 1.51. The molecule has 1 aliphatic rings. The predicted octanol–water partition coefficient (Wildman–Crippen LogP) is 5.33. The molecule has 1 fully saturated rings. The van der Waals surface area contributed by atoms with Gasteiger partial charge in [-0.15, -0.1) is 0 Å². The Morgan fingerprint density at radius 3 is 2.57 bits per heavy atom. The van der Waals surface area contributed by atoms with Crippen molar-refractivity contribution in [2.24, 2.45) is 0 Å². The molecule has 1 aliphatic heterocycles. The molecule has 1 aromatic heterocycles. The standard InChI is InChI=1S/C24H22N2O3S/c1-17-7-5-8-18(15-17)19-12-13-23-21(16-19)25-24(29-23)22-11-6-14-26(22)30(27,28)20-9-3-2-4-10-20/h2-5,7-10,12-13,15-16,22H,6,11,14H2,1H3. The molecule has 0 bridgehead atoms. The van der Waals surface area contributed by atoms with E-state index in [2.05, 4.69) is 30.1 Å². The molecule has 0 saturated carbocycles. The number of fused-ring (bicyclic) bond motifs is 1. The fourth-order valence-electron chi connectivity index (χ4n) is 4.09. The Labute approximate surface area is 176 Å². The largest absolute Gasteiger partial charge is 0.439 e. The molecule has 30 heavy (non-hydrogen) atoms. The van der Waals surface area contributed by atoms with Crippen molar-refractivity contribution in [2.45, 2.75) is 30.7 Å². The number of sulfonamides is 1. The van der Waals surface area contributed by atoms with E-state index >= 15 is 0 Å². The molecule has 0 radical (unpaired) electrons. The van der Waals surface area contributed by atoms with Gasteiger partial charge in [-0.05, 0) is 55.2 Å². The maximum atomic E-state index is 13.2. The molecule has 1 saturated heterocycles. The third-order valence-corrected chi connectivity index (χ3v) is 7.52. The average Bonchev–Trinajstić information content (AvgIpc) is 3.41. The minimum Gasteiger partial charge on any atom is -0.439 e. The van der Waals surface area contributed by atoms with Crippen molar-refractivity contribution >= 4 is 21.1 Å². The lowest BCUT2D eigenvalue weighted by molar-refractivity contribution is 0.337. The normalized spacial score (nSPS) is 17.6. The maximum absolute atomic E-state index is 13.2. The van der Waals surface area contributed by atoms with Crippen LogP contribution in [-0.4, -0.2) is 24.3 Å². The van der Waals surface area contributed by atoms with Crippen molar-refractivity contribution in [1.82, 2.24) is 9.29 Å². The number of rotatable bonds is 4. The van der Waals surface area contributed by atoms with Gasteiger partial charge in [-0.25, -0.2) is 13.4 Å². The second kappa shape index (κ2) is 7.38. The maximum Gasteiger partial charge on any atom is 0.243 e. The average molecular weight is 419 g/mol. The third kappa shape index (κ3) is 3.32. The quantitative estimate of drug-likeness (QED) is 0.449. The number of hydrogen-bond acceptors (Lipinski definition) is 4. The highest BCUT2D eigenvalue weighted by atomic mass is 32.2. The zero-order valence-electron chi connectivity index (χ0n) is 16.7. The zero-order valence-corrected chi connectivity index (χ0v) is 17.5. The number of aromatic nitrogens is 1. The van der Waals surface area contributed by atoms with Gasteiger partial charge in [-0.3, -0.25) is 0 Å². The summed E-state index contributed by atoms with van der Waals surface area (Å²) in [5.74, 6) is 0.461. The highest BCUT2D eigenvalue weighted by molar-refractivity contribution is 7.89. The predicted molar refractivity (Wildman–Crippen MR) is 116 cm³/mol. The monoisotopic (exact) mass is 418 g/mol. The van der Waals surface area contributed by atoms with E-state index in [0.717, 1.165) is 23.1 Å². The van der Waals surface area contributed by atoms with E-state index in [1.54, 1.807) is 24.3 Å². The molecule has 152 valence electrons. The summed E-state index contributed by atoms with van der Waals surface area (Å²) in [7, 11) is -3.60. The minimum atomic E-state index is -3.60. The molecule has 1 unspecified atom stereocenters. The molecule has 2 heterocycles. The molecular formula is C24H22N2O3S. The highest BCUT2D eigenvalue weighted by Gasteiger charge is 2.38. The Bertz CT molecular complexity index is 1310.